The molecule has 0 N–H and O–H groups in total. The van der Waals surface area contributed by atoms with E-state index in [1.165, 1.54) is 32.1 Å². The summed E-state index contributed by atoms with van der Waals surface area (Å²) in [5, 5.41) is 0. The summed E-state index contributed by atoms with van der Waals surface area (Å²) in [7, 11) is 0. The van der Waals surface area contributed by atoms with Gasteiger partial charge in [0.15, 0.2) is 0 Å². The summed E-state index contributed by atoms with van der Waals surface area (Å²) >= 11 is -0.135. The average Bonchev–Trinajstić information content (AvgIpc) is 1.97. The third-order valence-corrected chi connectivity index (χ3v) is 5.40. The molecule has 1 heteroatoms. The molecule has 0 aromatic rings. The molecule has 0 aliphatic carbocycles. The van der Waals surface area contributed by atoms with Gasteiger partial charge in [-0.3, -0.25) is 0 Å². The van der Waals surface area contributed by atoms with Crippen LogP contribution in [0.1, 0.15) is 45.4 Å². The van der Waals surface area contributed by atoms with Crippen LogP contribution in [0.5, 0.6) is 0 Å². The van der Waals surface area contributed by atoms with E-state index in [0.29, 0.717) is 0 Å². The van der Waals surface area contributed by atoms with Crippen molar-refractivity contribution in [1.29, 1.82) is 0 Å². The number of rotatable bonds is 7. The van der Waals surface area contributed by atoms with Gasteiger partial charge in [0.25, 0.3) is 0 Å². The predicted octanol–water partition coefficient (Wildman–Crippen LogP) is 3.90. The van der Waals surface area contributed by atoms with E-state index in [4.69, 9.17) is 0 Å². The second-order valence-corrected chi connectivity index (χ2v) is 7.99. The van der Waals surface area contributed by atoms with Gasteiger partial charge in [-0.05, 0) is 0 Å². The molecule has 0 rings (SSSR count). The van der Waals surface area contributed by atoms with Gasteiger partial charge >= 0.3 is 78.1 Å². The topological polar surface area (TPSA) is 0 Å². The van der Waals surface area contributed by atoms with Crippen LogP contribution >= 0.6 is 0 Å². The van der Waals surface area contributed by atoms with Gasteiger partial charge in [0.1, 0.15) is 0 Å². The first-order valence-corrected chi connectivity index (χ1v) is 11.8. The van der Waals surface area contributed by atoms with Crippen LogP contribution in [-0.4, -0.2) is 0 Å². The average molecular weight is 241 g/mol. The van der Waals surface area contributed by atoms with Gasteiger partial charge in [-0.25, -0.2) is 0 Å². The molecule has 10 heavy (non-hydrogen) atoms. The Kier molecular flexibility index (Phi) is 10.8. The molecular weight excluding hydrogens is 221 g/mol. The zero-order valence-corrected chi connectivity index (χ0v) is 11.7. The molecule has 0 spiro atoms. The first-order valence-electron chi connectivity index (χ1n) is 4.91. The molecule has 0 unspecified atom stereocenters. The molecule has 0 atom stereocenters. The van der Waals surface area contributed by atoms with Crippen LogP contribution < -0.4 is 0 Å². The third kappa shape index (κ3) is 8.92. The number of hydrogen-bond donors (Lipinski definition) is 0. The Balaban J connectivity index is 2.65. The van der Waals surface area contributed by atoms with E-state index in [1.54, 1.807) is 10.4 Å². The summed E-state index contributed by atoms with van der Waals surface area (Å²) < 4.78 is 4.13. The summed E-state index contributed by atoms with van der Waals surface area (Å²) in [4.78, 5) is 0. The Morgan fingerprint density at radius 3 is 2.10 bits per heavy atom. The van der Waals surface area contributed by atoms with E-state index in [-0.39, 0.29) is 24.2 Å². The zero-order chi connectivity index (χ0) is 7.66. The van der Waals surface area contributed by atoms with E-state index in [9.17, 15) is 0 Å². The molecule has 0 heterocycles. The van der Waals surface area contributed by atoms with Crippen molar-refractivity contribution in [2.45, 2.75) is 53.9 Å². The standard InChI is InChI=1S/C8H17.CH3.Cd/c1-3-5-7-8-6-4-2;;/h1,3-8H2,2H3;1H3;. The van der Waals surface area contributed by atoms with Gasteiger partial charge < -0.3 is 0 Å². The summed E-state index contributed by atoms with van der Waals surface area (Å²) in [6.07, 6.45) is 8.89. The van der Waals surface area contributed by atoms with E-state index in [0.717, 1.165) is 0 Å². The minimum atomic E-state index is -0.135. The maximum atomic E-state index is 2.48. The monoisotopic (exact) mass is 242 g/mol. The second kappa shape index (κ2) is 9.92. The summed E-state index contributed by atoms with van der Waals surface area (Å²) in [6, 6.07) is 0. The van der Waals surface area contributed by atoms with Crippen molar-refractivity contribution in [3.63, 3.8) is 0 Å². The van der Waals surface area contributed by atoms with Crippen LogP contribution in [0, 0.1) is 0 Å². The van der Waals surface area contributed by atoms with E-state index in [1.807, 2.05) is 0 Å². The first kappa shape index (κ1) is 10.9. The van der Waals surface area contributed by atoms with Crippen LogP contribution in [0.2, 0.25) is 8.46 Å². The SMILES string of the molecule is CCCCCCC[CH2][Cd][CH3]. The van der Waals surface area contributed by atoms with Gasteiger partial charge in [0.2, 0.25) is 0 Å². The third-order valence-electron chi connectivity index (χ3n) is 1.96. The van der Waals surface area contributed by atoms with Crippen LogP contribution in [0.25, 0.3) is 0 Å². The van der Waals surface area contributed by atoms with Crippen molar-refractivity contribution in [3.8, 4) is 0 Å². The summed E-state index contributed by atoms with van der Waals surface area (Å²) in [6.45, 7) is 2.28. The molecule has 0 bridgehead atoms. The molecule has 0 radical (unpaired) electrons. The predicted molar refractivity (Wildman–Crippen MR) is 44.0 cm³/mol. The van der Waals surface area contributed by atoms with E-state index < -0.39 is 0 Å². The van der Waals surface area contributed by atoms with Crippen molar-refractivity contribution in [1.82, 2.24) is 0 Å². The van der Waals surface area contributed by atoms with Crippen LogP contribution in [0.15, 0.2) is 0 Å². The molecular formula is C9H20Cd. The molecule has 0 nitrogen and oxygen atoms in total. The molecule has 0 aromatic carbocycles. The molecule has 0 aliphatic rings. The quantitative estimate of drug-likeness (QED) is 0.468. The second-order valence-electron chi connectivity index (χ2n) is 3.12. The maximum absolute atomic E-state index is 2.48. The molecule has 0 fully saturated rings. The fourth-order valence-corrected chi connectivity index (χ4v) is 3.64. The minimum absolute atomic E-state index is 0.135. The van der Waals surface area contributed by atoms with E-state index in [2.05, 4.69) is 11.4 Å². The van der Waals surface area contributed by atoms with Crippen molar-refractivity contribution in [3.05, 3.63) is 0 Å². The normalized spacial score (nSPS) is 9.40. The first-order chi connectivity index (χ1) is 4.91. The number of hydrogen-bond acceptors (Lipinski definition) is 0. The van der Waals surface area contributed by atoms with Gasteiger partial charge in [-0.2, -0.15) is 0 Å². The Bertz CT molecular complexity index is 44.7. The Morgan fingerprint density at radius 2 is 1.50 bits per heavy atom. The number of unbranched alkanes of at least 4 members (excludes halogenated alkanes) is 5. The van der Waals surface area contributed by atoms with E-state index >= 15 is 0 Å². The fraction of sp³-hybridized carbons (Fsp3) is 1.00. The van der Waals surface area contributed by atoms with Crippen molar-refractivity contribution in [2.24, 2.45) is 0 Å². The summed E-state index contributed by atoms with van der Waals surface area (Å²) in [5.74, 6) is 0. The van der Waals surface area contributed by atoms with Crippen LogP contribution in [0.3, 0.4) is 0 Å². The molecule has 0 saturated heterocycles. The van der Waals surface area contributed by atoms with Gasteiger partial charge in [0.05, 0.1) is 0 Å². The van der Waals surface area contributed by atoms with Gasteiger partial charge in [0, 0.05) is 0 Å². The molecule has 0 aliphatic heterocycles. The molecule has 0 amide bonds. The fourth-order valence-electron chi connectivity index (χ4n) is 1.21. The van der Waals surface area contributed by atoms with Gasteiger partial charge in [-0.1, -0.05) is 0 Å². The Hall–Kier alpha value is 0.922. The molecule has 58 valence electrons. The van der Waals surface area contributed by atoms with Crippen molar-refractivity contribution < 1.29 is 24.2 Å². The van der Waals surface area contributed by atoms with Crippen LogP contribution in [0.4, 0.5) is 0 Å². The zero-order valence-electron chi connectivity index (χ0n) is 7.66. The molecule has 0 saturated carbocycles. The summed E-state index contributed by atoms with van der Waals surface area (Å²) in [5.41, 5.74) is 0. The van der Waals surface area contributed by atoms with Crippen LogP contribution in [-0.2, 0) is 24.2 Å². The molecule has 0 aromatic heterocycles. The van der Waals surface area contributed by atoms with Gasteiger partial charge in [-0.15, -0.1) is 0 Å². The van der Waals surface area contributed by atoms with Crippen molar-refractivity contribution in [2.75, 3.05) is 0 Å². The Morgan fingerprint density at radius 1 is 0.900 bits per heavy atom. The Labute approximate surface area is 78.0 Å². The van der Waals surface area contributed by atoms with Crippen molar-refractivity contribution >= 4 is 0 Å².